The lowest BCUT2D eigenvalue weighted by atomic mass is 10.1. The van der Waals surface area contributed by atoms with Crippen molar-refractivity contribution in [2.45, 2.75) is 33.9 Å². The SMILES string of the molecule is CCNCc1cc(OCC)c(OCc2ccc(C)cc2)cc1Cl. The Labute approximate surface area is 143 Å². The van der Waals surface area contributed by atoms with E-state index in [9.17, 15) is 0 Å². The van der Waals surface area contributed by atoms with Crippen LogP contribution in [-0.2, 0) is 13.2 Å². The molecule has 0 amide bonds. The van der Waals surface area contributed by atoms with Crippen LogP contribution < -0.4 is 14.8 Å². The molecule has 1 N–H and O–H groups in total. The second kappa shape index (κ2) is 8.80. The Morgan fingerprint density at radius 2 is 1.70 bits per heavy atom. The molecule has 0 spiro atoms. The van der Waals surface area contributed by atoms with Gasteiger partial charge in [-0.25, -0.2) is 0 Å². The van der Waals surface area contributed by atoms with Gasteiger partial charge in [-0.1, -0.05) is 48.4 Å². The van der Waals surface area contributed by atoms with Crippen molar-refractivity contribution in [1.29, 1.82) is 0 Å². The zero-order chi connectivity index (χ0) is 16.7. The molecule has 0 heterocycles. The molecular weight excluding hydrogens is 310 g/mol. The van der Waals surface area contributed by atoms with Crippen LogP contribution in [0.3, 0.4) is 0 Å². The van der Waals surface area contributed by atoms with Gasteiger partial charge in [-0.3, -0.25) is 0 Å². The van der Waals surface area contributed by atoms with Crippen molar-refractivity contribution in [2.75, 3.05) is 13.2 Å². The summed E-state index contributed by atoms with van der Waals surface area (Å²) < 4.78 is 11.6. The second-order valence-corrected chi connectivity index (χ2v) is 5.79. The summed E-state index contributed by atoms with van der Waals surface area (Å²) in [6, 6.07) is 12.1. The summed E-state index contributed by atoms with van der Waals surface area (Å²) in [5.74, 6) is 1.41. The number of ether oxygens (including phenoxy) is 2. The molecule has 0 aliphatic carbocycles. The number of aryl methyl sites for hydroxylation is 1. The normalized spacial score (nSPS) is 10.6. The van der Waals surface area contributed by atoms with E-state index in [2.05, 4.69) is 43.4 Å². The summed E-state index contributed by atoms with van der Waals surface area (Å²) in [6.07, 6.45) is 0. The molecule has 0 unspecified atom stereocenters. The maximum Gasteiger partial charge on any atom is 0.163 e. The highest BCUT2D eigenvalue weighted by molar-refractivity contribution is 6.31. The monoisotopic (exact) mass is 333 g/mol. The minimum atomic E-state index is 0.489. The van der Waals surface area contributed by atoms with Crippen LogP contribution in [0.2, 0.25) is 5.02 Å². The molecule has 4 heteroatoms. The van der Waals surface area contributed by atoms with Crippen molar-refractivity contribution >= 4 is 11.6 Å². The van der Waals surface area contributed by atoms with Gasteiger partial charge in [0.25, 0.3) is 0 Å². The van der Waals surface area contributed by atoms with Crippen LogP contribution in [0.1, 0.15) is 30.5 Å². The van der Waals surface area contributed by atoms with E-state index < -0.39 is 0 Å². The molecule has 0 aliphatic rings. The van der Waals surface area contributed by atoms with Crippen molar-refractivity contribution in [3.63, 3.8) is 0 Å². The lowest BCUT2D eigenvalue weighted by molar-refractivity contribution is 0.269. The van der Waals surface area contributed by atoms with Gasteiger partial charge in [0.15, 0.2) is 11.5 Å². The van der Waals surface area contributed by atoms with Crippen LogP contribution >= 0.6 is 11.6 Å². The smallest absolute Gasteiger partial charge is 0.163 e. The fourth-order valence-electron chi connectivity index (χ4n) is 2.20. The number of hydrogen-bond acceptors (Lipinski definition) is 3. The quantitative estimate of drug-likeness (QED) is 0.757. The molecule has 0 aliphatic heterocycles. The molecule has 0 radical (unpaired) electrons. The first-order chi connectivity index (χ1) is 11.1. The minimum absolute atomic E-state index is 0.489. The topological polar surface area (TPSA) is 30.5 Å². The molecule has 0 saturated heterocycles. The van der Waals surface area contributed by atoms with Gasteiger partial charge in [0.2, 0.25) is 0 Å². The number of benzene rings is 2. The van der Waals surface area contributed by atoms with Crippen molar-refractivity contribution < 1.29 is 9.47 Å². The van der Waals surface area contributed by atoms with E-state index in [4.69, 9.17) is 21.1 Å². The highest BCUT2D eigenvalue weighted by Gasteiger charge is 2.11. The van der Waals surface area contributed by atoms with Crippen LogP contribution in [0.4, 0.5) is 0 Å². The van der Waals surface area contributed by atoms with Gasteiger partial charge in [0.1, 0.15) is 6.61 Å². The molecule has 2 aromatic rings. The number of rotatable bonds is 8. The van der Waals surface area contributed by atoms with E-state index in [0.717, 1.165) is 23.4 Å². The van der Waals surface area contributed by atoms with Gasteiger partial charge in [0, 0.05) is 17.6 Å². The van der Waals surface area contributed by atoms with Crippen LogP contribution in [-0.4, -0.2) is 13.2 Å². The van der Waals surface area contributed by atoms with Gasteiger partial charge < -0.3 is 14.8 Å². The largest absolute Gasteiger partial charge is 0.490 e. The predicted octanol–water partition coefficient (Wildman–Crippen LogP) is 4.74. The summed E-state index contributed by atoms with van der Waals surface area (Å²) in [4.78, 5) is 0. The van der Waals surface area contributed by atoms with Crippen molar-refractivity contribution in [2.24, 2.45) is 0 Å². The van der Waals surface area contributed by atoms with Crippen molar-refractivity contribution in [1.82, 2.24) is 5.32 Å². The molecule has 2 aromatic carbocycles. The second-order valence-electron chi connectivity index (χ2n) is 5.38. The van der Waals surface area contributed by atoms with Crippen LogP contribution in [0.25, 0.3) is 0 Å². The Bertz CT molecular complexity index is 626. The maximum atomic E-state index is 6.36. The first-order valence-corrected chi connectivity index (χ1v) is 8.36. The van der Waals surface area contributed by atoms with Gasteiger partial charge in [-0.05, 0) is 37.6 Å². The molecule has 0 saturated carbocycles. The fourth-order valence-corrected chi connectivity index (χ4v) is 2.42. The lowest BCUT2D eigenvalue weighted by Gasteiger charge is -2.15. The van der Waals surface area contributed by atoms with Gasteiger partial charge in [-0.2, -0.15) is 0 Å². The molecule has 3 nitrogen and oxygen atoms in total. The maximum absolute atomic E-state index is 6.36. The van der Waals surface area contributed by atoms with Crippen molar-refractivity contribution in [3.8, 4) is 11.5 Å². The molecule has 124 valence electrons. The van der Waals surface area contributed by atoms with Crippen LogP contribution in [0, 0.1) is 6.92 Å². The van der Waals surface area contributed by atoms with Gasteiger partial charge in [0.05, 0.1) is 6.61 Å². The molecule has 23 heavy (non-hydrogen) atoms. The zero-order valence-corrected chi connectivity index (χ0v) is 14.7. The first kappa shape index (κ1) is 17.6. The van der Waals surface area contributed by atoms with Crippen LogP contribution in [0.15, 0.2) is 36.4 Å². The molecule has 0 atom stereocenters. The van der Waals surface area contributed by atoms with E-state index >= 15 is 0 Å². The fraction of sp³-hybridized carbons (Fsp3) is 0.368. The Balaban J connectivity index is 2.15. The van der Waals surface area contributed by atoms with E-state index in [1.54, 1.807) is 0 Å². The Hall–Kier alpha value is -1.71. The van der Waals surface area contributed by atoms with E-state index in [1.165, 1.54) is 5.56 Å². The molecule has 2 rings (SSSR count). The number of hydrogen-bond donors (Lipinski definition) is 1. The predicted molar refractivity (Wildman–Crippen MR) is 95.5 cm³/mol. The highest BCUT2D eigenvalue weighted by Crippen LogP contribution is 2.34. The third kappa shape index (κ3) is 5.15. The third-order valence-corrected chi connectivity index (χ3v) is 3.84. The molecule has 0 aromatic heterocycles. The van der Waals surface area contributed by atoms with Crippen molar-refractivity contribution in [3.05, 3.63) is 58.1 Å². The van der Waals surface area contributed by atoms with Crippen LogP contribution in [0.5, 0.6) is 11.5 Å². The van der Waals surface area contributed by atoms with E-state index in [0.29, 0.717) is 30.5 Å². The summed E-state index contributed by atoms with van der Waals surface area (Å²) in [5.41, 5.74) is 3.37. The number of nitrogens with one attached hydrogen (secondary N) is 1. The van der Waals surface area contributed by atoms with E-state index in [1.807, 2.05) is 19.1 Å². The zero-order valence-electron chi connectivity index (χ0n) is 14.0. The summed E-state index contributed by atoms with van der Waals surface area (Å²) >= 11 is 6.36. The Kier molecular flexibility index (Phi) is 6.75. The van der Waals surface area contributed by atoms with E-state index in [-0.39, 0.29) is 0 Å². The molecule has 0 fully saturated rings. The third-order valence-electron chi connectivity index (χ3n) is 3.49. The Morgan fingerprint density at radius 3 is 2.35 bits per heavy atom. The lowest BCUT2D eigenvalue weighted by Crippen LogP contribution is -2.12. The summed E-state index contributed by atoms with van der Waals surface area (Å²) in [6.45, 7) is 8.78. The van der Waals surface area contributed by atoms with Gasteiger partial charge in [-0.15, -0.1) is 0 Å². The summed E-state index contributed by atoms with van der Waals surface area (Å²) in [5, 5.41) is 3.96. The Morgan fingerprint density at radius 1 is 1.00 bits per heavy atom. The average molecular weight is 334 g/mol. The standard InChI is InChI=1S/C19H24ClNO2/c1-4-21-12-16-10-18(22-5-2)19(11-17(16)20)23-13-15-8-6-14(3)7-9-15/h6-11,21H,4-5,12-13H2,1-3H3. The first-order valence-electron chi connectivity index (χ1n) is 7.98. The minimum Gasteiger partial charge on any atom is -0.490 e. The summed E-state index contributed by atoms with van der Waals surface area (Å²) in [7, 11) is 0. The highest BCUT2D eigenvalue weighted by atomic mass is 35.5. The average Bonchev–Trinajstić information content (AvgIpc) is 2.55. The van der Waals surface area contributed by atoms with Gasteiger partial charge >= 0.3 is 0 Å². The number of halogens is 1. The molecule has 0 bridgehead atoms. The molecular formula is C19H24ClNO2.